The first-order valence-electron chi connectivity index (χ1n) is 6.55. The first-order valence-corrected chi connectivity index (χ1v) is 7.50. The van der Waals surface area contributed by atoms with E-state index in [1.54, 1.807) is 0 Å². The topological polar surface area (TPSA) is 17.1 Å². The quantitative estimate of drug-likeness (QED) is 0.627. The van der Waals surface area contributed by atoms with Crippen LogP contribution in [-0.2, 0) is 4.79 Å². The molecule has 1 heterocycles. The second kappa shape index (κ2) is 4.12. The van der Waals surface area contributed by atoms with E-state index in [-0.39, 0.29) is 0 Å². The maximum absolute atomic E-state index is 12.4. The highest BCUT2D eigenvalue weighted by Crippen LogP contribution is 2.48. The summed E-state index contributed by atoms with van der Waals surface area (Å²) in [7, 11) is 0. The molecule has 84 valence electrons. The van der Waals surface area contributed by atoms with Crippen molar-refractivity contribution in [2.75, 3.05) is 0 Å². The highest BCUT2D eigenvalue weighted by molar-refractivity contribution is 8.00. The first-order chi connectivity index (χ1) is 7.36. The lowest BCUT2D eigenvalue weighted by molar-refractivity contribution is -0.128. The molecule has 1 saturated heterocycles. The SMILES string of the molecule is O=C1C2CCCCC2SC2CCCCC12. The van der Waals surface area contributed by atoms with Crippen LogP contribution in [0, 0.1) is 11.8 Å². The zero-order valence-corrected chi connectivity index (χ0v) is 10.1. The van der Waals surface area contributed by atoms with Crippen molar-refractivity contribution in [1.29, 1.82) is 0 Å². The van der Waals surface area contributed by atoms with Gasteiger partial charge in [-0.3, -0.25) is 4.79 Å². The zero-order valence-electron chi connectivity index (χ0n) is 9.28. The predicted molar refractivity (Wildman–Crippen MR) is 64.1 cm³/mol. The Morgan fingerprint density at radius 2 is 1.27 bits per heavy atom. The molecule has 0 bridgehead atoms. The average molecular weight is 224 g/mol. The van der Waals surface area contributed by atoms with Crippen molar-refractivity contribution in [2.45, 2.75) is 61.9 Å². The van der Waals surface area contributed by atoms with Crippen molar-refractivity contribution in [3.8, 4) is 0 Å². The van der Waals surface area contributed by atoms with Crippen molar-refractivity contribution in [3.63, 3.8) is 0 Å². The molecule has 3 rings (SSSR count). The highest BCUT2D eigenvalue weighted by Gasteiger charge is 2.45. The Hall–Kier alpha value is 0.0200. The fourth-order valence-corrected chi connectivity index (χ4v) is 5.64. The van der Waals surface area contributed by atoms with Crippen LogP contribution in [0.4, 0.5) is 0 Å². The minimum Gasteiger partial charge on any atom is -0.299 e. The van der Waals surface area contributed by atoms with Gasteiger partial charge in [-0.25, -0.2) is 0 Å². The number of thioether (sulfide) groups is 1. The minimum absolute atomic E-state index is 0.447. The summed E-state index contributed by atoms with van der Waals surface area (Å²) in [5.41, 5.74) is 0. The van der Waals surface area contributed by atoms with E-state index in [0.29, 0.717) is 28.1 Å². The molecule has 0 aromatic carbocycles. The maximum Gasteiger partial charge on any atom is 0.141 e. The number of rotatable bonds is 0. The molecule has 15 heavy (non-hydrogen) atoms. The monoisotopic (exact) mass is 224 g/mol. The third-order valence-corrected chi connectivity index (χ3v) is 6.31. The standard InChI is InChI=1S/C13H20OS/c14-13-9-5-1-3-7-11(9)15-12-8-4-2-6-10(12)13/h9-12H,1-8H2. The van der Waals surface area contributed by atoms with Gasteiger partial charge in [-0.2, -0.15) is 11.8 Å². The van der Waals surface area contributed by atoms with Gasteiger partial charge < -0.3 is 0 Å². The summed E-state index contributed by atoms with van der Waals surface area (Å²) in [5.74, 6) is 1.55. The van der Waals surface area contributed by atoms with E-state index in [2.05, 4.69) is 11.8 Å². The summed E-state index contributed by atoms with van der Waals surface area (Å²) in [6.07, 6.45) is 10.3. The Balaban J connectivity index is 1.79. The molecule has 0 N–H and O–H groups in total. The van der Waals surface area contributed by atoms with E-state index in [1.807, 2.05) is 0 Å². The van der Waals surface area contributed by atoms with Gasteiger partial charge in [0, 0.05) is 22.3 Å². The summed E-state index contributed by atoms with van der Waals surface area (Å²) >= 11 is 2.18. The highest BCUT2D eigenvalue weighted by atomic mass is 32.2. The molecule has 2 heteroatoms. The third kappa shape index (κ3) is 1.75. The van der Waals surface area contributed by atoms with Crippen LogP contribution in [0.3, 0.4) is 0 Å². The summed E-state index contributed by atoms with van der Waals surface area (Å²) in [6.45, 7) is 0. The van der Waals surface area contributed by atoms with Gasteiger partial charge in [-0.15, -0.1) is 0 Å². The van der Waals surface area contributed by atoms with Crippen LogP contribution in [-0.4, -0.2) is 16.3 Å². The van der Waals surface area contributed by atoms with Crippen molar-refractivity contribution in [3.05, 3.63) is 0 Å². The molecule has 3 aliphatic rings. The number of ketones is 1. The van der Waals surface area contributed by atoms with E-state index in [1.165, 1.54) is 51.4 Å². The average Bonchev–Trinajstić information content (AvgIpc) is 2.30. The van der Waals surface area contributed by atoms with Crippen LogP contribution < -0.4 is 0 Å². The number of hydrogen-bond acceptors (Lipinski definition) is 2. The van der Waals surface area contributed by atoms with Crippen molar-refractivity contribution in [2.24, 2.45) is 11.8 Å². The Bertz CT molecular complexity index is 239. The second-order valence-corrected chi connectivity index (χ2v) is 6.88. The van der Waals surface area contributed by atoms with E-state index in [0.717, 1.165) is 0 Å². The number of Topliss-reactive ketones (excluding diaryl/α,β-unsaturated/α-hetero) is 1. The van der Waals surface area contributed by atoms with Crippen molar-refractivity contribution >= 4 is 17.5 Å². The molecule has 0 aromatic heterocycles. The van der Waals surface area contributed by atoms with Gasteiger partial charge >= 0.3 is 0 Å². The van der Waals surface area contributed by atoms with Gasteiger partial charge in [-0.1, -0.05) is 25.7 Å². The first kappa shape index (κ1) is 10.2. The van der Waals surface area contributed by atoms with Crippen molar-refractivity contribution in [1.82, 2.24) is 0 Å². The summed E-state index contributed by atoms with van der Waals surface area (Å²) in [4.78, 5) is 12.4. The Labute approximate surface area is 96.4 Å². The number of fused-ring (bicyclic) bond motifs is 2. The van der Waals surface area contributed by atoms with Crippen LogP contribution in [0.5, 0.6) is 0 Å². The van der Waals surface area contributed by atoms with Gasteiger partial charge in [0.25, 0.3) is 0 Å². The van der Waals surface area contributed by atoms with E-state index >= 15 is 0 Å². The van der Waals surface area contributed by atoms with Gasteiger partial charge in [0.1, 0.15) is 5.78 Å². The molecule has 0 aromatic rings. The normalized spacial score (nSPS) is 45.7. The van der Waals surface area contributed by atoms with Crippen LogP contribution in [0.25, 0.3) is 0 Å². The van der Waals surface area contributed by atoms with Gasteiger partial charge in [0.05, 0.1) is 0 Å². The molecule has 4 unspecified atom stereocenters. The summed E-state index contributed by atoms with van der Waals surface area (Å²) in [5, 5.41) is 1.40. The lowest BCUT2D eigenvalue weighted by Gasteiger charge is -2.44. The summed E-state index contributed by atoms with van der Waals surface area (Å²) < 4.78 is 0. The molecular formula is C13H20OS. The Kier molecular flexibility index (Phi) is 2.80. The van der Waals surface area contributed by atoms with Crippen LogP contribution in [0.15, 0.2) is 0 Å². The molecule has 3 fully saturated rings. The molecule has 1 aliphatic heterocycles. The molecule has 1 nitrogen and oxygen atoms in total. The lowest BCUT2D eigenvalue weighted by Crippen LogP contribution is -2.45. The Morgan fingerprint density at radius 3 is 1.80 bits per heavy atom. The second-order valence-electron chi connectivity index (χ2n) is 5.40. The van der Waals surface area contributed by atoms with E-state index in [4.69, 9.17) is 0 Å². The van der Waals surface area contributed by atoms with Crippen LogP contribution in [0.1, 0.15) is 51.4 Å². The van der Waals surface area contributed by atoms with Crippen LogP contribution in [0.2, 0.25) is 0 Å². The van der Waals surface area contributed by atoms with Crippen molar-refractivity contribution < 1.29 is 4.79 Å². The molecule has 2 saturated carbocycles. The van der Waals surface area contributed by atoms with E-state index < -0.39 is 0 Å². The smallest absolute Gasteiger partial charge is 0.141 e. The molecule has 0 amide bonds. The van der Waals surface area contributed by atoms with Gasteiger partial charge in [-0.05, 0) is 25.7 Å². The predicted octanol–water partition coefficient (Wildman–Crippen LogP) is 3.42. The lowest BCUT2D eigenvalue weighted by atomic mass is 9.75. The van der Waals surface area contributed by atoms with Crippen LogP contribution >= 0.6 is 11.8 Å². The third-order valence-electron chi connectivity index (χ3n) is 4.49. The Morgan fingerprint density at radius 1 is 0.800 bits per heavy atom. The molecule has 4 atom stereocenters. The minimum atomic E-state index is 0.447. The number of carbonyl (C=O) groups excluding carboxylic acids is 1. The van der Waals surface area contributed by atoms with Gasteiger partial charge in [0.2, 0.25) is 0 Å². The molecule has 0 spiro atoms. The number of carbonyl (C=O) groups is 1. The molecular weight excluding hydrogens is 204 g/mol. The summed E-state index contributed by atoms with van der Waals surface area (Å²) in [6, 6.07) is 0. The van der Waals surface area contributed by atoms with E-state index in [9.17, 15) is 4.79 Å². The zero-order chi connectivity index (χ0) is 10.3. The number of hydrogen-bond donors (Lipinski definition) is 0. The molecule has 2 aliphatic carbocycles. The fraction of sp³-hybridized carbons (Fsp3) is 0.923. The maximum atomic E-state index is 12.4. The fourth-order valence-electron chi connectivity index (χ4n) is 3.67. The molecule has 0 radical (unpaired) electrons. The van der Waals surface area contributed by atoms with Gasteiger partial charge in [0.15, 0.2) is 0 Å². The largest absolute Gasteiger partial charge is 0.299 e.